The van der Waals surface area contributed by atoms with Gasteiger partial charge in [-0.15, -0.1) is 11.3 Å². The van der Waals surface area contributed by atoms with Crippen LogP contribution in [0.3, 0.4) is 0 Å². The van der Waals surface area contributed by atoms with E-state index in [-0.39, 0.29) is 36.1 Å². The Morgan fingerprint density at radius 2 is 1.86 bits per heavy atom. The number of benzene rings is 2. The molecule has 6 rings (SSSR count). The zero-order valence-electron chi connectivity index (χ0n) is 24.3. The van der Waals surface area contributed by atoms with Gasteiger partial charge in [0.25, 0.3) is 5.91 Å². The number of aromatic nitrogens is 1. The van der Waals surface area contributed by atoms with E-state index in [2.05, 4.69) is 23.3 Å². The van der Waals surface area contributed by atoms with Crippen molar-refractivity contribution in [3.63, 3.8) is 0 Å². The fraction of sp³-hybridized carbons (Fsp3) is 0.469. The molecule has 1 saturated carbocycles. The summed E-state index contributed by atoms with van der Waals surface area (Å²) in [6, 6.07) is 11.8. The lowest BCUT2D eigenvalue weighted by Gasteiger charge is -2.38. The van der Waals surface area contributed by atoms with Crippen LogP contribution in [-0.4, -0.2) is 82.9 Å². The maximum absolute atomic E-state index is 13.1. The average molecular weight is 591 g/mol. The van der Waals surface area contributed by atoms with Crippen molar-refractivity contribution in [3.8, 4) is 17.0 Å². The molecule has 2 aliphatic heterocycles. The van der Waals surface area contributed by atoms with E-state index >= 15 is 0 Å². The summed E-state index contributed by atoms with van der Waals surface area (Å²) in [5.41, 5.74) is 5.33. The zero-order chi connectivity index (χ0) is 29.5. The van der Waals surface area contributed by atoms with Gasteiger partial charge in [-0.2, -0.15) is 0 Å². The number of carbonyl (C=O) groups is 2. The Morgan fingerprint density at radius 1 is 1.10 bits per heavy atom. The molecule has 2 unspecified atom stereocenters. The van der Waals surface area contributed by atoms with E-state index in [0.29, 0.717) is 25.3 Å². The monoisotopic (exact) mass is 590 g/mol. The summed E-state index contributed by atoms with van der Waals surface area (Å²) in [7, 11) is 1.76. The van der Waals surface area contributed by atoms with Crippen molar-refractivity contribution in [2.45, 2.75) is 39.6 Å². The summed E-state index contributed by atoms with van der Waals surface area (Å²) in [4.78, 5) is 35.7. The predicted molar refractivity (Wildman–Crippen MR) is 161 cm³/mol. The highest BCUT2D eigenvalue weighted by Crippen LogP contribution is 2.45. The lowest BCUT2D eigenvalue weighted by molar-refractivity contribution is -0.133. The summed E-state index contributed by atoms with van der Waals surface area (Å²) in [6.07, 6.45) is 0.815. The SMILES string of the molecule is Cc1ccc(OCc2ccc(C(=O)N3CCN(C)C(=O)C3)c(C)c2)c(-c2csc(N3CC4CCC(C3)C4C(O)O)n2)c1. The van der Waals surface area contributed by atoms with Crippen molar-refractivity contribution in [2.24, 2.45) is 17.8 Å². The second kappa shape index (κ2) is 11.7. The third-order valence-electron chi connectivity index (χ3n) is 9.08. The fourth-order valence-electron chi connectivity index (χ4n) is 6.73. The number of piperidine rings is 1. The standard InChI is InChI=1S/C32H38N4O5S/c1-19-4-9-27(41-17-21-5-8-24(20(2)13-21)30(38)35-11-10-34(3)28(37)16-35)25(12-19)26-18-42-32(33-26)36-14-22-6-7-23(15-36)29(22)31(39)40/h4-5,8-9,12-13,18,22-23,29,31,39-40H,6-7,10-11,14-17H2,1-3H3. The number of aliphatic hydroxyl groups excluding tert-OH is 1. The molecule has 2 bridgehead atoms. The highest BCUT2D eigenvalue weighted by Gasteiger charge is 2.45. The smallest absolute Gasteiger partial charge is 0.254 e. The van der Waals surface area contributed by atoms with Crippen molar-refractivity contribution >= 4 is 28.3 Å². The van der Waals surface area contributed by atoms with E-state index in [1.165, 1.54) is 0 Å². The van der Waals surface area contributed by atoms with Gasteiger partial charge in [-0.25, -0.2) is 4.98 Å². The predicted octanol–water partition coefficient (Wildman–Crippen LogP) is 3.69. The van der Waals surface area contributed by atoms with Crippen molar-refractivity contribution in [3.05, 3.63) is 64.0 Å². The van der Waals surface area contributed by atoms with E-state index in [0.717, 1.165) is 64.8 Å². The molecular weight excluding hydrogens is 552 g/mol. The van der Waals surface area contributed by atoms with Crippen LogP contribution in [0.4, 0.5) is 5.13 Å². The molecule has 2 saturated heterocycles. The number of hydrogen-bond donors (Lipinski definition) is 2. The molecule has 2 amide bonds. The number of likely N-dealkylation sites (N-methyl/N-ethyl adjacent to an activating group) is 1. The van der Waals surface area contributed by atoms with Gasteiger partial charge in [-0.1, -0.05) is 23.8 Å². The van der Waals surface area contributed by atoms with Gasteiger partial charge in [0.05, 0.1) is 5.69 Å². The highest BCUT2D eigenvalue weighted by molar-refractivity contribution is 7.14. The quantitative estimate of drug-likeness (QED) is 0.405. The molecule has 42 heavy (non-hydrogen) atoms. The maximum atomic E-state index is 13.1. The normalized spacial score (nSPS) is 22.3. The first-order valence-electron chi connectivity index (χ1n) is 14.6. The fourth-order valence-corrected chi connectivity index (χ4v) is 7.58. The number of amides is 2. The Labute approximate surface area is 250 Å². The topological polar surface area (TPSA) is 106 Å². The number of thiazole rings is 1. The van der Waals surface area contributed by atoms with Gasteiger partial charge in [0.1, 0.15) is 18.9 Å². The molecule has 10 heteroatoms. The number of anilines is 1. The Hall–Kier alpha value is -3.47. The summed E-state index contributed by atoms with van der Waals surface area (Å²) < 4.78 is 6.32. The number of carbonyl (C=O) groups excluding carboxylic acids is 2. The second-order valence-electron chi connectivity index (χ2n) is 12.0. The third kappa shape index (κ3) is 5.63. The largest absolute Gasteiger partial charge is 0.488 e. The molecule has 3 fully saturated rings. The van der Waals surface area contributed by atoms with Gasteiger partial charge < -0.3 is 29.6 Å². The molecule has 1 aromatic heterocycles. The Morgan fingerprint density at radius 3 is 2.55 bits per heavy atom. The Balaban J connectivity index is 1.14. The maximum Gasteiger partial charge on any atom is 0.254 e. The van der Waals surface area contributed by atoms with Gasteiger partial charge in [0.2, 0.25) is 5.91 Å². The molecule has 3 heterocycles. The first-order valence-corrected chi connectivity index (χ1v) is 15.5. The molecule has 3 aliphatic rings. The number of ether oxygens (including phenoxy) is 1. The van der Waals surface area contributed by atoms with E-state index in [9.17, 15) is 19.8 Å². The molecule has 0 radical (unpaired) electrons. The van der Waals surface area contributed by atoms with Gasteiger partial charge >= 0.3 is 0 Å². The van der Waals surface area contributed by atoms with Crippen LogP contribution in [0.5, 0.6) is 5.75 Å². The van der Waals surface area contributed by atoms with Crippen LogP contribution < -0.4 is 9.64 Å². The van der Waals surface area contributed by atoms with Crippen LogP contribution in [0.15, 0.2) is 41.8 Å². The molecule has 1 aliphatic carbocycles. The molecule has 2 aromatic carbocycles. The van der Waals surface area contributed by atoms with E-state index < -0.39 is 6.29 Å². The number of piperazine rings is 1. The van der Waals surface area contributed by atoms with Crippen LogP contribution in [0.1, 0.15) is 39.9 Å². The van der Waals surface area contributed by atoms with Crippen LogP contribution in [0.25, 0.3) is 11.3 Å². The van der Waals surface area contributed by atoms with Crippen molar-refractivity contribution in [1.29, 1.82) is 0 Å². The number of nitrogens with zero attached hydrogens (tertiary/aromatic N) is 4. The Kier molecular flexibility index (Phi) is 7.95. The van der Waals surface area contributed by atoms with Crippen LogP contribution in [-0.2, 0) is 11.4 Å². The van der Waals surface area contributed by atoms with E-state index in [1.54, 1.807) is 28.2 Å². The van der Waals surface area contributed by atoms with Gasteiger partial charge in [-0.05, 0) is 67.9 Å². The van der Waals surface area contributed by atoms with Gasteiger partial charge in [0, 0.05) is 55.7 Å². The minimum Gasteiger partial charge on any atom is -0.488 e. The van der Waals surface area contributed by atoms with Crippen molar-refractivity contribution < 1.29 is 24.5 Å². The molecule has 222 valence electrons. The van der Waals surface area contributed by atoms with Crippen LogP contribution >= 0.6 is 11.3 Å². The van der Waals surface area contributed by atoms with Crippen LogP contribution in [0.2, 0.25) is 0 Å². The van der Waals surface area contributed by atoms with Crippen molar-refractivity contribution in [1.82, 2.24) is 14.8 Å². The van der Waals surface area contributed by atoms with E-state index in [1.807, 2.05) is 37.3 Å². The minimum absolute atomic E-state index is 0.0377. The lowest BCUT2D eigenvalue weighted by Crippen LogP contribution is -2.50. The van der Waals surface area contributed by atoms with Gasteiger partial charge in [-0.3, -0.25) is 9.59 Å². The lowest BCUT2D eigenvalue weighted by atomic mass is 9.85. The number of fused-ring (bicyclic) bond motifs is 2. The molecule has 3 aromatic rings. The first kappa shape index (κ1) is 28.6. The number of rotatable bonds is 7. The van der Waals surface area contributed by atoms with Crippen LogP contribution in [0, 0.1) is 31.6 Å². The summed E-state index contributed by atoms with van der Waals surface area (Å²) in [5, 5.41) is 22.7. The third-order valence-corrected chi connectivity index (χ3v) is 9.99. The number of aryl methyl sites for hydroxylation is 2. The van der Waals surface area contributed by atoms with Gasteiger partial charge in [0.15, 0.2) is 11.4 Å². The van der Waals surface area contributed by atoms with Crippen molar-refractivity contribution in [2.75, 3.05) is 44.7 Å². The number of hydrogen-bond acceptors (Lipinski definition) is 8. The zero-order valence-corrected chi connectivity index (χ0v) is 25.1. The molecule has 0 spiro atoms. The number of aliphatic hydroxyl groups is 2. The highest BCUT2D eigenvalue weighted by atomic mass is 32.1. The minimum atomic E-state index is -1.24. The summed E-state index contributed by atoms with van der Waals surface area (Å²) in [6.45, 7) is 7.09. The molecule has 2 N–H and O–H groups in total. The second-order valence-corrected chi connectivity index (χ2v) is 12.8. The average Bonchev–Trinajstić information content (AvgIpc) is 3.56. The first-order chi connectivity index (χ1) is 20.2. The molecule has 2 atom stereocenters. The summed E-state index contributed by atoms with van der Waals surface area (Å²) >= 11 is 1.61. The van der Waals surface area contributed by atoms with E-state index in [4.69, 9.17) is 9.72 Å². The molecule has 9 nitrogen and oxygen atoms in total. The Bertz CT molecular complexity index is 1480. The summed E-state index contributed by atoms with van der Waals surface area (Å²) in [5.74, 6) is 1.10. The molecular formula is C32H38N4O5S.